The summed E-state index contributed by atoms with van der Waals surface area (Å²) in [6.45, 7) is 15.7. The summed E-state index contributed by atoms with van der Waals surface area (Å²) in [5, 5.41) is 21.5. The predicted octanol–water partition coefficient (Wildman–Crippen LogP) is 11.9. The van der Waals surface area contributed by atoms with Crippen molar-refractivity contribution in [2.24, 2.45) is 9.98 Å². The SMILES string of the molecule is CCCCCC(=Nc1ccc(CCC)c(CCC)c1)C(CCCC)=Nc1ccc(CCC)c(CCC)c1.CCCc1ccc([O-])c([O-])c1.[Ni+2]. The number of benzene rings is 3. The van der Waals surface area contributed by atoms with Crippen LogP contribution in [0.4, 0.5) is 11.4 Å². The van der Waals surface area contributed by atoms with E-state index in [0.29, 0.717) is 0 Å². The van der Waals surface area contributed by atoms with Crippen LogP contribution in [0.1, 0.15) is 153 Å². The normalized spacial score (nSPS) is 11.6. The molecule has 0 spiro atoms. The van der Waals surface area contributed by atoms with Crippen LogP contribution in [0.2, 0.25) is 0 Å². The molecule has 0 aliphatic rings. The Kier molecular flexibility index (Phi) is 23.4. The quantitative estimate of drug-likeness (QED) is 0.0665. The van der Waals surface area contributed by atoms with Crippen LogP contribution in [0.25, 0.3) is 0 Å². The van der Waals surface area contributed by atoms with E-state index in [9.17, 15) is 10.2 Å². The van der Waals surface area contributed by atoms with E-state index >= 15 is 0 Å². The van der Waals surface area contributed by atoms with Gasteiger partial charge in [0.05, 0.1) is 22.8 Å². The average molecular weight is 712 g/mol. The van der Waals surface area contributed by atoms with Crippen molar-refractivity contribution in [1.82, 2.24) is 0 Å². The van der Waals surface area contributed by atoms with Crippen molar-refractivity contribution >= 4 is 22.8 Å². The van der Waals surface area contributed by atoms with Crippen molar-refractivity contribution in [1.29, 1.82) is 0 Å². The molecule has 272 valence electrons. The number of nitrogens with zero attached hydrogens (tertiary/aromatic N) is 2. The summed E-state index contributed by atoms with van der Waals surface area (Å²) < 4.78 is 0. The molecule has 0 saturated heterocycles. The maximum absolute atomic E-state index is 10.8. The molecule has 5 heteroatoms. The first kappa shape index (κ1) is 44.1. The molecular formula is C44H64N2NiO2. The molecule has 0 aliphatic carbocycles. The molecule has 3 aromatic carbocycles. The number of rotatable bonds is 20. The Labute approximate surface area is 309 Å². The van der Waals surface area contributed by atoms with Gasteiger partial charge in [0.15, 0.2) is 0 Å². The molecule has 4 nitrogen and oxygen atoms in total. The predicted molar refractivity (Wildman–Crippen MR) is 206 cm³/mol. The van der Waals surface area contributed by atoms with E-state index in [-0.39, 0.29) is 16.5 Å². The van der Waals surface area contributed by atoms with E-state index in [1.807, 2.05) is 6.92 Å². The molecule has 0 unspecified atom stereocenters. The third kappa shape index (κ3) is 16.1. The van der Waals surface area contributed by atoms with Crippen LogP contribution < -0.4 is 10.2 Å². The molecule has 0 amide bonds. The Bertz CT molecular complexity index is 1410. The minimum atomic E-state index is -0.412. The molecule has 0 atom stereocenters. The molecular weight excluding hydrogens is 647 g/mol. The maximum atomic E-state index is 10.8. The number of aliphatic imine (C=N–C) groups is 2. The van der Waals surface area contributed by atoms with Crippen LogP contribution in [0.5, 0.6) is 11.5 Å². The Hall–Kier alpha value is -2.91. The summed E-state index contributed by atoms with van der Waals surface area (Å²) >= 11 is 0. The minimum absolute atomic E-state index is 0. The monoisotopic (exact) mass is 710 g/mol. The van der Waals surface area contributed by atoms with Crippen molar-refractivity contribution in [2.75, 3.05) is 0 Å². The largest absolute Gasteiger partial charge is 2.00 e. The standard InChI is InChI=1S/C35H54N2.C9H12O2.Ni/c1-7-13-15-21-35(37-33-25-23-29(17-10-4)31(27-33)19-12-6)34(20-14-8-2)36-32-24-22-28(16-9-3)30(26-32)18-11-5;1-2-3-7-4-5-8(10)9(11)6-7;/h22-27H,7-21H2,1-6H3;4-6,10-11H,2-3H2,1H3;/q;;+2/p-2. The Morgan fingerprint density at radius 2 is 0.898 bits per heavy atom. The minimum Gasteiger partial charge on any atom is -0.873 e. The molecule has 0 radical (unpaired) electrons. The van der Waals surface area contributed by atoms with Gasteiger partial charge in [0, 0.05) is 0 Å². The van der Waals surface area contributed by atoms with Gasteiger partial charge in [0.1, 0.15) is 0 Å². The van der Waals surface area contributed by atoms with Gasteiger partial charge >= 0.3 is 16.5 Å². The van der Waals surface area contributed by atoms with Crippen LogP contribution in [0.3, 0.4) is 0 Å². The van der Waals surface area contributed by atoms with Crippen LogP contribution in [0, 0.1) is 0 Å². The summed E-state index contributed by atoms with van der Waals surface area (Å²) in [6, 6.07) is 18.3. The second-order valence-electron chi connectivity index (χ2n) is 13.1. The zero-order valence-electron chi connectivity index (χ0n) is 31.7. The topological polar surface area (TPSA) is 70.8 Å². The Balaban J connectivity index is 0.000000847. The van der Waals surface area contributed by atoms with E-state index in [1.54, 1.807) is 6.07 Å². The molecule has 0 bridgehead atoms. The number of hydrogen-bond acceptors (Lipinski definition) is 4. The molecule has 0 aliphatic heterocycles. The van der Waals surface area contributed by atoms with Crippen molar-refractivity contribution in [3.63, 3.8) is 0 Å². The van der Waals surface area contributed by atoms with Gasteiger partial charge in [-0.1, -0.05) is 130 Å². The summed E-state index contributed by atoms with van der Waals surface area (Å²) in [7, 11) is 0. The van der Waals surface area contributed by atoms with Crippen LogP contribution in [-0.4, -0.2) is 11.4 Å². The average Bonchev–Trinajstić information content (AvgIpc) is 3.07. The Morgan fingerprint density at radius 1 is 0.449 bits per heavy atom. The van der Waals surface area contributed by atoms with E-state index in [0.717, 1.165) is 74.7 Å². The third-order valence-corrected chi connectivity index (χ3v) is 8.65. The van der Waals surface area contributed by atoms with Crippen molar-refractivity contribution < 1.29 is 26.7 Å². The molecule has 0 aromatic heterocycles. The smallest absolute Gasteiger partial charge is 0.873 e. The third-order valence-electron chi connectivity index (χ3n) is 8.65. The number of unbranched alkanes of at least 4 members (excludes halogenated alkanes) is 3. The molecule has 0 fully saturated rings. The summed E-state index contributed by atoms with van der Waals surface area (Å²) in [5.41, 5.74) is 11.5. The fraction of sp³-hybridized carbons (Fsp3) is 0.545. The molecule has 49 heavy (non-hydrogen) atoms. The van der Waals surface area contributed by atoms with Gasteiger partial charge in [-0.25, -0.2) is 0 Å². The second-order valence-corrected chi connectivity index (χ2v) is 13.1. The van der Waals surface area contributed by atoms with E-state index in [4.69, 9.17) is 9.98 Å². The fourth-order valence-electron chi connectivity index (χ4n) is 6.12. The Morgan fingerprint density at radius 3 is 1.33 bits per heavy atom. The number of aryl methyl sites for hydroxylation is 5. The first-order chi connectivity index (χ1) is 23.3. The zero-order chi connectivity index (χ0) is 35.1. The molecule has 3 aromatic rings. The molecule has 0 N–H and O–H groups in total. The van der Waals surface area contributed by atoms with Gasteiger partial charge in [-0.3, -0.25) is 9.98 Å². The van der Waals surface area contributed by atoms with E-state index in [1.165, 1.54) is 97.2 Å². The molecule has 3 rings (SSSR count). The summed E-state index contributed by atoms with van der Waals surface area (Å²) in [5.74, 6) is -0.805. The van der Waals surface area contributed by atoms with E-state index in [2.05, 4.69) is 77.9 Å². The second kappa shape index (κ2) is 26.0. The summed E-state index contributed by atoms with van der Waals surface area (Å²) in [6.07, 6.45) is 19.1. The van der Waals surface area contributed by atoms with Crippen LogP contribution in [-0.2, 0) is 48.6 Å². The van der Waals surface area contributed by atoms with Gasteiger partial charge < -0.3 is 10.2 Å². The van der Waals surface area contributed by atoms with Gasteiger partial charge in [-0.05, 0) is 110 Å². The molecule has 0 saturated carbocycles. The van der Waals surface area contributed by atoms with Gasteiger partial charge in [0.25, 0.3) is 0 Å². The van der Waals surface area contributed by atoms with Gasteiger partial charge in [-0.2, -0.15) is 0 Å². The number of hydrogen-bond donors (Lipinski definition) is 0. The fourth-order valence-corrected chi connectivity index (χ4v) is 6.12. The van der Waals surface area contributed by atoms with Crippen molar-refractivity contribution in [3.05, 3.63) is 82.4 Å². The van der Waals surface area contributed by atoms with Crippen LogP contribution in [0.15, 0.2) is 64.6 Å². The first-order valence-corrected chi connectivity index (χ1v) is 19.2. The molecule has 0 heterocycles. The summed E-state index contributed by atoms with van der Waals surface area (Å²) in [4.78, 5) is 10.6. The maximum Gasteiger partial charge on any atom is 2.00 e. The van der Waals surface area contributed by atoms with E-state index < -0.39 is 11.5 Å². The van der Waals surface area contributed by atoms with Gasteiger partial charge in [-0.15, -0.1) is 11.5 Å². The van der Waals surface area contributed by atoms with Crippen LogP contribution >= 0.6 is 0 Å². The first-order valence-electron chi connectivity index (χ1n) is 19.2. The van der Waals surface area contributed by atoms with Gasteiger partial charge in [0.2, 0.25) is 0 Å². The van der Waals surface area contributed by atoms with Crippen molar-refractivity contribution in [2.45, 2.75) is 158 Å². The zero-order valence-corrected chi connectivity index (χ0v) is 32.7. The van der Waals surface area contributed by atoms with Crippen molar-refractivity contribution in [3.8, 4) is 11.5 Å².